The molecule has 2 heteroatoms. The van der Waals surface area contributed by atoms with Crippen molar-refractivity contribution in [2.24, 2.45) is 0 Å². The zero-order chi connectivity index (χ0) is 17.4. The highest BCUT2D eigenvalue weighted by Gasteiger charge is 2.32. The summed E-state index contributed by atoms with van der Waals surface area (Å²) in [7, 11) is 0. The molecule has 0 heterocycles. The van der Waals surface area contributed by atoms with Gasteiger partial charge in [0.15, 0.2) is 0 Å². The fourth-order valence-corrected chi connectivity index (χ4v) is 3.23. The molecular formula is C21H40O2. The minimum atomic E-state index is -0.248. The molecule has 0 saturated heterocycles. The minimum absolute atomic E-state index is 0.243. The van der Waals surface area contributed by atoms with Crippen LogP contribution in [0.5, 0.6) is 0 Å². The normalized spacial score (nSPS) is 11.4. The molecular weight excluding hydrogens is 284 g/mol. The summed E-state index contributed by atoms with van der Waals surface area (Å²) < 4.78 is 5.94. The Kier molecular flexibility index (Phi) is 14.3. The summed E-state index contributed by atoms with van der Waals surface area (Å²) in [6.07, 6.45) is 17.8. The monoisotopic (exact) mass is 324 g/mol. The van der Waals surface area contributed by atoms with Crippen LogP contribution in [-0.2, 0) is 9.53 Å². The van der Waals surface area contributed by atoms with Gasteiger partial charge >= 0.3 is 5.97 Å². The average molecular weight is 325 g/mol. The van der Waals surface area contributed by atoms with E-state index in [2.05, 4.69) is 27.4 Å². The largest absolute Gasteiger partial charge is 0.456 e. The van der Waals surface area contributed by atoms with Crippen LogP contribution in [0, 0.1) is 0 Å². The van der Waals surface area contributed by atoms with Crippen molar-refractivity contribution in [3.8, 4) is 0 Å². The van der Waals surface area contributed by atoms with Gasteiger partial charge in [-0.25, -0.2) is 4.79 Å². The lowest BCUT2D eigenvalue weighted by atomic mass is 9.84. The molecule has 0 radical (unpaired) electrons. The second-order valence-corrected chi connectivity index (χ2v) is 6.89. The first-order valence-corrected chi connectivity index (χ1v) is 9.99. The van der Waals surface area contributed by atoms with E-state index in [-0.39, 0.29) is 11.6 Å². The van der Waals surface area contributed by atoms with E-state index < -0.39 is 0 Å². The van der Waals surface area contributed by atoms with Crippen molar-refractivity contribution in [3.05, 3.63) is 12.7 Å². The van der Waals surface area contributed by atoms with Crippen LogP contribution in [0.1, 0.15) is 111 Å². The number of carbonyl (C=O) groups excluding carboxylic acids is 1. The molecule has 0 aromatic rings. The van der Waals surface area contributed by atoms with Gasteiger partial charge in [-0.15, -0.1) is 0 Å². The number of carbonyl (C=O) groups is 1. The summed E-state index contributed by atoms with van der Waals surface area (Å²) in [5.41, 5.74) is -0.248. The molecule has 0 aromatic carbocycles. The second-order valence-electron chi connectivity index (χ2n) is 6.89. The first-order chi connectivity index (χ1) is 11.1. The van der Waals surface area contributed by atoms with Crippen LogP contribution in [-0.4, -0.2) is 11.6 Å². The van der Waals surface area contributed by atoms with Crippen molar-refractivity contribution >= 4 is 5.97 Å². The van der Waals surface area contributed by atoms with Crippen LogP contribution in [0.25, 0.3) is 0 Å². The third kappa shape index (κ3) is 11.4. The Labute approximate surface area is 145 Å². The van der Waals surface area contributed by atoms with Crippen LogP contribution in [0.15, 0.2) is 12.7 Å². The third-order valence-corrected chi connectivity index (χ3v) is 4.69. The maximum absolute atomic E-state index is 11.9. The van der Waals surface area contributed by atoms with Crippen LogP contribution in [0.3, 0.4) is 0 Å². The first kappa shape index (κ1) is 22.2. The summed E-state index contributed by atoms with van der Waals surface area (Å²) in [5, 5.41) is 0. The Morgan fingerprint density at radius 1 is 0.783 bits per heavy atom. The molecule has 2 nitrogen and oxygen atoms in total. The van der Waals surface area contributed by atoms with E-state index in [1.54, 1.807) is 0 Å². The minimum Gasteiger partial charge on any atom is -0.456 e. The summed E-state index contributed by atoms with van der Waals surface area (Å²) >= 11 is 0. The quantitative estimate of drug-likeness (QED) is 0.174. The Bertz CT molecular complexity index is 284. The molecule has 0 unspecified atom stereocenters. The highest BCUT2D eigenvalue weighted by atomic mass is 16.6. The van der Waals surface area contributed by atoms with Gasteiger partial charge in [0.1, 0.15) is 5.60 Å². The Morgan fingerprint density at radius 3 is 1.57 bits per heavy atom. The molecule has 0 amide bonds. The van der Waals surface area contributed by atoms with Crippen molar-refractivity contribution in [2.75, 3.05) is 0 Å². The van der Waals surface area contributed by atoms with E-state index in [9.17, 15) is 4.79 Å². The van der Waals surface area contributed by atoms with Gasteiger partial charge in [-0.3, -0.25) is 0 Å². The number of esters is 1. The maximum Gasteiger partial charge on any atom is 0.330 e. The van der Waals surface area contributed by atoms with Crippen LogP contribution < -0.4 is 0 Å². The van der Waals surface area contributed by atoms with Crippen LogP contribution in [0.2, 0.25) is 0 Å². The standard InChI is InChI=1S/C21H40O2/c1-5-9-12-15-18-21(17-14-11-7-3,23-20(22)8-4)19-16-13-10-6-2/h8H,4-7,9-19H2,1-3H3. The van der Waals surface area contributed by atoms with Gasteiger partial charge in [0, 0.05) is 6.08 Å². The Balaban J connectivity index is 4.76. The fourth-order valence-electron chi connectivity index (χ4n) is 3.23. The number of rotatable bonds is 16. The Morgan fingerprint density at radius 2 is 1.17 bits per heavy atom. The number of hydrogen-bond acceptors (Lipinski definition) is 2. The highest BCUT2D eigenvalue weighted by Crippen LogP contribution is 2.33. The lowest BCUT2D eigenvalue weighted by Crippen LogP contribution is -2.35. The van der Waals surface area contributed by atoms with Gasteiger partial charge in [-0.2, -0.15) is 0 Å². The topological polar surface area (TPSA) is 26.3 Å². The SMILES string of the molecule is C=CC(=O)OC(CCCCC)(CCCCCC)CCCCCC. The molecule has 23 heavy (non-hydrogen) atoms. The van der Waals surface area contributed by atoms with E-state index in [1.165, 1.54) is 57.4 Å². The molecule has 0 fully saturated rings. The zero-order valence-electron chi connectivity index (χ0n) is 16.0. The lowest BCUT2D eigenvalue weighted by molar-refractivity contribution is -0.156. The maximum atomic E-state index is 11.9. The average Bonchev–Trinajstić information content (AvgIpc) is 2.56. The molecule has 136 valence electrons. The molecule has 0 spiro atoms. The molecule has 0 aromatic heterocycles. The highest BCUT2D eigenvalue weighted by molar-refractivity contribution is 5.81. The summed E-state index contributed by atoms with van der Waals surface area (Å²) in [5.74, 6) is -0.243. The first-order valence-electron chi connectivity index (χ1n) is 9.99. The van der Waals surface area contributed by atoms with Crippen LogP contribution >= 0.6 is 0 Å². The van der Waals surface area contributed by atoms with Gasteiger partial charge in [-0.1, -0.05) is 78.7 Å². The van der Waals surface area contributed by atoms with E-state index >= 15 is 0 Å². The molecule has 0 aliphatic carbocycles. The number of ether oxygens (including phenoxy) is 1. The molecule has 0 rings (SSSR count). The van der Waals surface area contributed by atoms with Crippen LogP contribution in [0.4, 0.5) is 0 Å². The fraction of sp³-hybridized carbons (Fsp3) is 0.857. The second kappa shape index (κ2) is 14.8. The van der Waals surface area contributed by atoms with E-state index in [0.29, 0.717) is 0 Å². The van der Waals surface area contributed by atoms with E-state index in [1.807, 2.05) is 0 Å². The predicted molar refractivity (Wildman–Crippen MR) is 101 cm³/mol. The zero-order valence-corrected chi connectivity index (χ0v) is 16.0. The Hall–Kier alpha value is -0.790. The predicted octanol–water partition coefficient (Wildman–Crippen LogP) is 6.98. The van der Waals surface area contributed by atoms with E-state index in [4.69, 9.17) is 4.74 Å². The van der Waals surface area contributed by atoms with Gasteiger partial charge in [-0.05, 0) is 38.5 Å². The molecule has 0 atom stereocenters. The van der Waals surface area contributed by atoms with Gasteiger partial charge in [0.05, 0.1) is 0 Å². The van der Waals surface area contributed by atoms with Crippen molar-refractivity contribution in [1.29, 1.82) is 0 Å². The molecule has 0 saturated carbocycles. The molecule has 0 bridgehead atoms. The summed E-state index contributed by atoms with van der Waals surface area (Å²) in [6, 6.07) is 0. The van der Waals surface area contributed by atoms with Gasteiger partial charge in [0.25, 0.3) is 0 Å². The lowest BCUT2D eigenvalue weighted by Gasteiger charge is -2.34. The third-order valence-electron chi connectivity index (χ3n) is 4.69. The van der Waals surface area contributed by atoms with Gasteiger partial charge in [0.2, 0.25) is 0 Å². The van der Waals surface area contributed by atoms with Crippen molar-refractivity contribution in [3.63, 3.8) is 0 Å². The number of unbranched alkanes of at least 4 members (excludes halogenated alkanes) is 8. The van der Waals surface area contributed by atoms with E-state index in [0.717, 1.165) is 38.5 Å². The number of hydrogen-bond donors (Lipinski definition) is 0. The summed E-state index contributed by atoms with van der Waals surface area (Å²) in [6.45, 7) is 10.3. The van der Waals surface area contributed by atoms with Crippen molar-refractivity contribution in [2.45, 2.75) is 116 Å². The molecule has 0 N–H and O–H groups in total. The molecule has 0 aliphatic heterocycles. The smallest absolute Gasteiger partial charge is 0.330 e. The van der Waals surface area contributed by atoms with Gasteiger partial charge < -0.3 is 4.74 Å². The van der Waals surface area contributed by atoms with Crippen molar-refractivity contribution < 1.29 is 9.53 Å². The molecule has 0 aliphatic rings. The summed E-state index contributed by atoms with van der Waals surface area (Å²) in [4.78, 5) is 11.9. The van der Waals surface area contributed by atoms with Crippen molar-refractivity contribution in [1.82, 2.24) is 0 Å².